The highest BCUT2D eigenvalue weighted by Gasteiger charge is 2.23. The number of unbranched alkanes of at least 4 members (excludes halogenated alkanes) is 2. The summed E-state index contributed by atoms with van der Waals surface area (Å²) in [7, 11) is 1.66. The van der Waals surface area contributed by atoms with Crippen LogP contribution in [0.25, 0.3) is 0 Å². The fourth-order valence-electron chi connectivity index (χ4n) is 1.85. The van der Waals surface area contributed by atoms with Gasteiger partial charge in [0.25, 0.3) is 0 Å². The van der Waals surface area contributed by atoms with E-state index >= 15 is 0 Å². The van der Waals surface area contributed by atoms with E-state index in [1.807, 2.05) is 18.2 Å². The van der Waals surface area contributed by atoms with Crippen molar-refractivity contribution in [1.29, 1.82) is 0 Å². The zero-order chi connectivity index (χ0) is 13.5. The molecule has 0 amide bonds. The molecule has 4 nitrogen and oxygen atoms in total. The first-order chi connectivity index (χ1) is 9.33. The first kappa shape index (κ1) is 14.0. The van der Waals surface area contributed by atoms with Crippen LogP contribution >= 0.6 is 0 Å². The van der Waals surface area contributed by atoms with Crippen LogP contribution in [0.2, 0.25) is 0 Å². The number of nitrogens with one attached hydrogen (secondary N) is 1. The summed E-state index contributed by atoms with van der Waals surface area (Å²) >= 11 is 0. The molecule has 1 atom stereocenters. The van der Waals surface area contributed by atoms with E-state index in [9.17, 15) is 0 Å². The maximum atomic E-state index is 5.67. The minimum atomic E-state index is 0.261. The SMILES string of the molecule is CCCCCNc1ccc(OCC2CO2)c(OC)c1. The fraction of sp³-hybridized carbons (Fsp3) is 0.600. The number of hydrogen-bond acceptors (Lipinski definition) is 4. The van der Waals surface area contributed by atoms with Crippen molar-refractivity contribution in [2.45, 2.75) is 32.3 Å². The summed E-state index contributed by atoms with van der Waals surface area (Å²) in [6.07, 6.45) is 3.95. The van der Waals surface area contributed by atoms with Gasteiger partial charge < -0.3 is 19.5 Å². The minimum absolute atomic E-state index is 0.261. The molecule has 0 aromatic heterocycles. The quantitative estimate of drug-likeness (QED) is 0.550. The zero-order valence-electron chi connectivity index (χ0n) is 11.8. The Bertz CT molecular complexity index is 391. The molecule has 1 N–H and O–H groups in total. The third kappa shape index (κ3) is 4.63. The molecule has 1 saturated heterocycles. The monoisotopic (exact) mass is 265 g/mol. The van der Waals surface area contributed by atoms with Crippen LogP contribution in [0.1, 0.15) is 26.2 Å². The molecular formula is C15H23NO3. The molecule has 1 aliphatic heterocycles. The Kier molecular flexibility index (Phi) is 5.33. The summed E-state index contributed by atoms with van der Waals surface area (Å²) in [5, 5.41) is 3.40. The van der Waals surface area contributed by atoms with Gasteiger partial charge in [0.1, 0.15) is 12.7 Å². The second-order valence-electron chi connectivity index (χ2n) is 4.77. The Balaban J connectivity index is 1.86. The molecule has 1 aromatic rings. The predicted molar refractivity (Wildman–Crippen MR) is 76.2 cm³/mol. The van der Waals surface area contributed by atoms with E-state index in [1.165, 1.54) is 19.3 Å². The molecule has 0 saturated carbocycles. The lowest BCUT2D eigenvalue weighted by Crippen LogP contribution is -2.06. The number of benzene rings is 1. The molecule has 1 unspecified atom stereocenters. The summed E-state index contributed by atoms with van der Waals surface area (Å²) in [4.78, 5) is 0. The summed E-state index contributed by atoms with van der Waals surface area (Å²) in [5.74, 6) is 1.54. The predicted octanol–water partition coefficient (Wildman–Crippen LogP) is 3.07. The number of hydrogen-bond donors (Lipinski definition) is 1. The van der Waals surface area contributed by atoms with Gasteiger partial charge in [0, 0.05) is 18.3 Å². The molecule has 0 bridgehead atoms. The molecule has 1 aliphatic rings. The third-order valence-electron chi connectivity index (χ3n) is 3.10. The topological polar surface area (TPSA) is 43.0 Å². The number of methoxy groups -OCH3 is 1. The van der Waals surface area contributed by atoms with E-state index in [-0.39, 0.29) is 6.10 Å². The van der Waals surface area contributed by atoms with E-state index in [1.54, 1.807) is 7.11 Å². The Labute approximate surface area is 115 Å². The minimum Gasteiger partial charge on any atom is -0.493 e. The molecular weight excluding hydrogens is 242 g/mol. The van der Waals surface area contributed by atoms with Crippen LogP contribution < -0.4 is 14.8 Å². The number of epoxide rings is 1. The van der Waals surface area contributed by atoms with E-state index in [0.717, 1.165) is 30.3 Å². The second-order valence-corrected chi connectivity index (χ2v) is 4.77. The van der Waals surface area contributed by atoms with Crippen molar-refractivity contribution >= 4 is 5.69 Å². The Hall–Kier alpha value is -1.42. The maximum Gasteiger partial charge on any atom is 0.162 e. The lowest BCUT2D eigenvalue weighted by molar-refractivity contribution is 0.252. The molecule has 19 heavy (non-hydrogen) atoms. The molecule has 0 aliphatic carbocycles. The van der Waals surface area contributed by atoms with Crippen molar-refractivity contribution in [2.24, 2.45) is 0 Å². The van der Waals surface area contributed by atoms with Crippen molar-refractivity contribution in [3.63, 3.8) is 0 Å². The average Bonchev–Trinajstić information content (AvgIpc) is 3.26. The molecule has 1 aromatic carbocycles. The summed E-state index contributed by atoms with van der Waals surface area (Å²) in [5.41, 5.74) is 1.07. The van der Waals surface area contributed by atoms with Crippen LogP contribution in [0.15, 0.2) is 18.2 Å². The van der Waals surface area contributed by atoms with Gasteiger partial charge in [-0.3, -0.25) is 0 Å². The van der Waals surface area contributed by atoms with Crippen molar-refractivity contribution in [1.82, 2.24) is 0 Å². The van der Waals surface area contributed by atoms with E-state index in [0.29, 0.717) is 6.61 Å². The first-order valence-electron chi connectivity index (χ1n) is 6.99. The van der Waals surface area contributed by atoms with E-state index in [4.69, 9.17) is 14.2 Å². The van der Waals surface area contributed by atoms with Crippen LogP contribution in [-0.4, -0.2) is 33.0 Å². The highest BCUT2D eigenvalue weighted by atomic mass is 16.6. The summed E-state index contributed by atoms with van der Waals surface area (Å²) in [6.45, 7) is 4.60. The molecule has 1 fully saturated rings. The van der Waals surface area contributed by atoms with Gasteiger partial charge in [-0.25, -0.2) is 0 Å². The molecule has 0 radical (unpaired) electrons. The highest BCUT2D eigenvalue weighted by molar-refractivity contribution is 5.54. The summed E-state index contributed by atoms with van der Waals surface area (Å²) < 4.78 is 16.2. The Morgan fingerprint density at radius 2 is 2.16 bits per heavy atom. The molecule has 1 heterocycles. The van der Waals surface area contributed by atoms with Gasteiger partial charge in [-0.2, -0.15) is 0 Å². The molecule has 2 rings (SSSR count). The Morgan fingerprint density at radius 3 is 2.84 bits per heavy atom. The van der Waals surface area contributed by atoms with Crippen LogP contribution in [0.3, 0.4) is 0 Å². The van der Waals surface area contributed by atoms with Crippen LogP contribution in [-0.2, 0) is 4.74 Å². The number of ether oxygens (including phenoxy) is 3. The molecule has 106 valence electrons. The normalized spacial score (nSPS) is 17.1. The van der Waals surface area contributed by atoms with Crippen molar-refractivity contribution in [3.05, 3.63) is 18.2 Å². The lowest BCUT2D eigenvalue weighted by Gasteiger charge is -2.12. The van der Waals surface area contributed by atoms with Gasteiger partial charge in [0.15, 0.2) is 11.5 Å². The second kappa shape index (κ2) is 7.24. The lowest BCUT2D eigenvalue weighted by atomic mass is 10.2. The van der Waals surface area contributed by atoms with E-state index in [2.05, 4.69) is 12.2 Å². The van der Waals surface area contributed by atoms with Gasteiger partial charge in [0.05, 0.1) is 13.7 Å². The largest absolute Gasteiger partial charge is 0.493 e. The van der Waals surface area contributed by atoms with Crippen LogP contribution in [0.4, 0.5) is 5.69 Å². The Morgan fingerprint density at radius 1 is 1.32 bits per heavy atom. The van der Waals surface area contributed by atoms with Gasteiger partial charge in [-0.1, -0.05) is 19.8 Å². The number of rotatable bonds is 9. The number of anilines is 1. The van der Waals surface area contributed by atoms with Gasteiger partial charge in [-0.05, 0) is 18.6 Å². The van der Waals surface area contributed by atoms with Crippen LogP contribution in [0, 0.1) is 0 Å². The summed E-state index contributed by atoms with van der Waals surface area (Å²) in [6, 6.07) is 5.95. The maximum absolute atomic E-state index is 5.67. The van der Waals surface area contributed by atoms with Gasteiger partial charge >= 0.3 is 0 Å². The smallest absolute Gasteiger partial charge is 0.162 e. The molecule has 4 heteroatoms. The first-order valence-corrected chi connectivity index (χ1v) is 6.99. The fourth-order valence-corrected chi connectivity index (χ4v) is 1.85. The van der Waals surface area contributed by atoms with Crippen molar-refractivity contribution in [3.8, 4) is 11.5 Å². The highest BCUT2D eigenvalue weighted by Crippen LogP contribution is 2.30. The average molecular weight is 265 g/mol. The third-order valence-corrected chi connectivity index (χ3v) is 3.10. The zero-order valence-corrected chi connectivity index (χ0v) is 11.8. The van der Waals surface area contributed by atoms with Crippen molar-refractivity contribution in [2.75, 3.05) is 32.2 Å². The standard InChI is InChI=1S/C15H23NO3/c1-3-4-5-8-16-12-6-7-14(15(9-12)17-2)19-11-13-10-18-13/h6-7,9,13,16H,3-5,8,10-11H2,1-2H3. The van der Waals surface area contributed by atoms with Gasteiger partial charge in [0.2, 0.25) is 0 Å². The molecule has 0 spiro atoms. The van der Waals surface area contributed by atoms with Gasteiger partial charge in [-0.15, -0.1) is 0 Å². The van der Waals surface area contributed by atoms with Crippen LogP contribution in [0.5, 0.6) is 11.5 Å². The van der Waals surface area contributed by atoms with E-state index < -0.39 is 0 Å². The van der Waals surface area contributed by atoms with Crippen molar-refractivity contribution < 1.29 is 14.2 Å².